The van der Waals surface area contributed by atoms with E-state index in [4.69, 9.17) is 0 Å². The molecule has 3 rings (SSSR count). The maximum Gasteiger partial charge on any atom is 0.418 e. The fourth-order valence-corrected chi connectivity index (χ4v) is 4.13. The number of aliphatic hydroxyl groups excluding tert-OH is 3. The van der Waals surface area contributed by atoms with E-state index >= 15 is 0 Å². The smallest absolute Gasteiger partial charge is 0.389 e. The molecule has 2 aliphatic heterocycles. The third-order valence-corrected chi connectivity index (χ3v) is 5.69. The van der Waals surface area contributed by atoms with Crippen molar-refractivity contribution in [2.24, 2.45) is 5.92 Å². The number of aromatic nitrogens is 1. The minimum atomic E-state index is -4.43. The predicted molar refractivity (Wildman–Crippen MR) is 93.2 cm³/mol. The van der Waals surface area contributed by atoms with Crippen LogP contribution in [-0.2, 0) is 6.18 Å². The van der Waals surface area contributed by atoms with Gasteiger partial charge in [0.1, 0.15) is 6.10 Å². The molecule has 2 fully saturated rings. The lowest BCUT2D eigenvalue weighted by Gasteiger charge is -2.45. The van der Waals surface area contributed by atoms with Crippen molar-refractivity contribution in [3.05, 3.63) is 24.0 Å². The highest BCUT2D eigenvalue weighted by Crippen LogP contribution is 2.37. The summed E-state index contributed by atoms with van der Waals surface area (Å²) in [5, 5.41) is 29.8. The Morgan fingerprint density at radius 2 is 1.93 bits per heavy atom. The lowest BCUT2D eigenvalue weighted by molar-refractivity contribution is -0.137. The highest BCUT2D eigenvalue weighted by atomic mass is 19.4. The van der Waals surface area contributed by atoms with E-state index in [0.29, 0.717) is 19.6 Å². The zero-order chi connectivity index (χ0) is 19.8. The maximum atomic E-state index is 13.3. The number of hydrogen-bond acceptors (Lipinski definition) is 6. The molecule has 0 saturated carbocycles. The van der Waals surface area contributed by atoms with E-state index in [1.54, 1.807) is 11.8 Å². The lowest BCUT2D eigenvalue weighted by atomic mass is 9.91. The van der Waals surface area contributed by atoms with Crippen LogP contribution in [0, 0.1) is 5.92 Å². The molecule has 1 aromatic heterocycles. The molecule has 0 spiro atoms. The van der Waals surface area contributed by atoms with Gasteiger partial charge in [-0.1, -0.05) is 0 Å². The first-order valence-corrected chi connectivity index (χ1v) is 9.23. The van der Waals surface area contributed by atoms with Gasteiger partial charge in [0.05, 0.1) is 29.7 Å². The first-order valence-electron chi connectivity index (χ1n) is 9.23. The van der Waals surface area contributed by atoms with Gasteiger partial charge in [-0.3, -0.25) is 9.88 Å². The van der Waals surface area contributed by atoms with Crippen molar-refractivity contribution in [2.75, 3.05) is 31.1 Å². The van der Waals surface area contributed by atoms with E-state index in [1.807, 2.05) is 4.90 Å². The number of hydrogen-bond donors (Lipinski definition) is 3. The van der Waals surface area contributed by atoms with Gasteiger partial charge in [0.15, 0.2) is 0 Å². The summed E-state index contributed by atoms with van der Waals surface area (Å²) in [4.78, 5) is 7.50. The van der Waals surface area contributed by atoms with Crippen molar-refractivity contribution in [1.82, 2.24) is 9.88 Å². The second kappa shape index (κ2) is 7.90. The van der Waals surface area contributed by atoms with Crippen LogP contribution in [-0.4, -0.2) is 75.7 Å². The van der Waals surface area contributed by atoms with Gasteiger partial charge >= 0.3 is 6.18 Å². The number of likely N-dealkylation sites (tertiary alicyclic amines) is 1. The Bertz CT molecular complexity index is 646. The molecule has 1 aromatic rings. The Kier molecular flexibility index (Phi) is 5.95. The standard InChI is InChI=1S/C18H26F3N3O3/c1-11-16(26)17(27)15(25)10-24(11)9-12-3-2-6-23(8-12)14-7-22-5-4-13(14)18(19,20)21/h4-5,7,11-12,15-17,25-27H,2-3,6,8-10H2,1H3. The van der Waals surface area contributed by atoms with Crippen LogP contribution in [0.25, 0.3) is 0 Å². The predicted octanol–water partition coefficient (Wildman–Crippen LogP) is 1.10. The van der Waals surface area contributed by atoms with Gasteiger partial charge in [-0.15, -0.1) is 0 Å². The van der Waals surface area contributed by atoms with Crippen LogP contribution in [0.4, 0.5) is 18.9 Å². The van der Waals surface area contributed by atoms with Gasteiger partial charge in [0.25, 0.3) is 0 Å². The number of halogens is 3. The molecule has 3 heterocycles. The van der Waals surface area contributed by atoms with Crippen molar-refractivity contribution >= 4 is 5.69 Å². The summed E-state index contributed by atoms with van der Waals surface area (Å²) in [5.41, 5.74) is -0.588. The molecule has 2 aliphatic rings. The number of rotatable bonds is 3. The Morgan fingerprint density at radius 1 is 1.19 bits per heavy atom. The minimum Gasteiger partial charge on any atom is -0.389 e. The number of nitrogens with zero attached hydrogens (tertiary/aromatic N) is 3. The number of aliphatic hydroxyl groups is 3. The summed E-state index contributed by atoms with van der Waals surface area (Å²) in [6.45, 7) is 3.54. The van der Waals surface area contributed by atoms with Gasteiger partial charge in [-0.2, -0.15) is 13.2 Å². The normalized spacial score (nSPS) is 33.3. The molecule has 0 amide bonds. The molecule has 0 aliphatic carbocycles. The third-order valence-electron chi connectivity index (χ3n) is 5.69. The van der Waals surface area contributed by atoms with E-state index < -0.39 is 30.1 Å². The van der Waals surface area contributed by atoms with Crippen LogP contribution in [0.2, 0.25) is 0 Å². The molecular formula is C18H26F3N3O3. The molecule has 5 atom stereocenters. The van der Waals surface area contributed by atoms with Crippen molar-refractivity contribution in [3.63, 3.8) is 0 Å². The number of piperidine rings is 2. The van der Waals surface area contributed by atoms with Gasteiger partial charge in [0.2, 0.25) is 0 Å². The van der Waals surface area contributed by atoms with Gasteiger partial charge < -0.3 is 20.2 Å². The molecule has 3 N–H and O–H groups in total. The lowest BCUT2D eigenvalue weighted by Crippen LogP contribution is -2.61. The minimum absolute atomic E-state index is 0.0943. The molecule has 0 aromatic carbocycles. The fourth-order valence-electron chi connectivity index (χ4n) is 4.13. The van der Waals surface area contributed by atoms with Crippen molar-refractivity contribution in [1.29, 1.82) is 0 Å². The molecule has 5 unspecified atom stereocenters. The van der Waals surface area contributed by atoms with Crippen LogP contribution < -0.4 is 4.90 Å². The zero-order valence-corrected chi connectivity index (χ0v) is 15.2. The van der Waals surface area contributed by atoms with E-state index in [1.165, 1.54) is 6.20 Å². The van der Waals surface area contributed by atoms with Crippen molar-refractivity contribution < 1.29 is 28.5 Å². The summed E-state index contributed by atoms with van der Waals surface area (Å²) in [6.07, 6.45) is -3.67. The molecular weight excluding hydrogens is 363 g/mol. The van der Waals surface area contributed by atoms with E-state index in [0.717, 1.165) is 25.1 Å². The van der Waals surface area contributed by atoms with E-state index in [9.17, 15) is 28.5 Å². The molecule has 152 valence electrons. The highest BCUT2D eigenvalue weighted by Gasteiger charge is 2.40. The number of β-amino-alcohol motifs (C(OH)–C–C–N with tert-alkyl or cyclic N) is 1. The molecule has 0 bridgehead atoms. The molecule has 9 heteroatoms. The largest absolute Gasteiger partial charge is 0.418 e. The zero-order valence-electron chi connectivity index (χ0n) is 15.2. The van der Waals surface area contributed by atoms with E-state index in [2.05, 4.69) is 4.98 Å². The summed E-state index contributed by atoms with van der Waals surface area (Å²) in [5.74, 6) is 0.0946. The van der Waals surface area contributed by atoms with Crippen LogP contribution in [0.1, 0.15) is 25.3 Å². The van der Waals surface area contributed by atoms with Crippen molar-refractivity contribution in [3.8, 4) is 0 Å². The number of alkyl halides is 3. The van der Waals surface area contributed by atoms with Crippen LogP contribution >= 0.6 is 0 Å². The van der Waals surface area contributed by atoms with E-state index in [-0.39, 0.29) is 24.2 Å². The first kappa shape index (κ1) is 20.3. The second-order valence-electron chi connectivity index (χ2n) is 7.59. The SMILES string of the molecule is CC1C(O)C(O)C(O)CN1CC1CCCN(c2cnccc2C(F)(F)F)C1. The molecule has 27 heavy (non-hydrogen) atoms. The second-order valence-corrected chi connectivity index (χ2v) is 7.59. The number of anilines is 1. The summed E-state index contributed by atoms with van der Waals surface area (Å²) in [6, 6.07) is 0.669. The molecule has 0 radical (unpaired) electrons. The van der Waals surface area contributed by atoms with Crippen molar-refractivity contribution in [2.45, 2.75) is 50.3 Å². The Balaban J connectivity index is 1.71. The fraction of sp³-hybridized carbons (Fsp3) is 0.722. The summed E-state index contributed by atoms with van der Waals surface area (Å²) >= 11 is 0. The third kappa shape index (κ3) is 4.37. The Labute approximate surface area is 156 Å². The summed E-state index contributed by atoms with van der Waals surface area (Å²) < 4.78 is 39.9. The monoisotopic (exact) mass is 389 g/mol. The summed E-state index contributed by atoms with van der Waals surface area (Å²) in [7, 11) is 0. The Hall–Kier alpha value is -1.42. The van der Waals surface area contributed by atoms with Crippen LogP contribution in [0.5, 0.6) is 0 Å². The maximum absolute atomic E-state index is 13.3. The first-order chi connectivity index (χ1) is 12.7. The average Bonchev–Trinajstić information content (AvgIpc) is 2.64. The van der Waals surface area contributed by atoms with Crippen LogP contribution in [0.3, 0.4) is 0 Å². The topological polar surface area (TPSA) is 80.1 Å². The molecule has 2 saturated heterocycles. The highest BCUT2D eigenvalue weighted by molar-refractivity contribution is 5.53. The van der Waals surface area contributed by atoms with Gasteiger partial charge in [-0.25, -0.2) is 0 Å². The quantitative estimate of drug-likeness (QED) is 0.719. The Morgan fingerprint density at radius 3 is 2.63 bits per heavy atom. The van der Waals surface area contributed by atoms with Gasteiger partial charge in [0, 0.05) is 38.4 Å². The van der Waals surface area contributed by atoms with Gasteiger partial charge in [-0.05, 0) is 31.7 Å². The molecule has 6 nitrogen and oxygen atoms in total. The number of pyridine rings is 1. The van der Waals surface area contributed by atoms with Crippen LogP contribution in [0.15, 0.2) is 18.5 Å². The average molecular weight is 389 g/mol.